The van der Waals surface area contributed by atoms with Gasteiger partial charge in [-0.1, -0.05) is 48.0 Å². The van der Waals surface area contributed by atoms with Gasteiger partial charge in [0.1, 0.15) is 0 Å². The van der Waals surface area contributed by atoms with Crippen LogP contribution < -0.4 is 5.32 Å². The van der Waals surface area contributed by atoms with Gasteiger partial charge in [0.05, 0.1) is 15.7 Å². The number of hydrogen-bond acceptors (Lipinski definition) is 2. The van der Waals surface area contributed by atoms with E-state index in [9.17, 15) is 4.21 Å². The zero-order valence-electron chi connectivity index (χ0n) is 15.5. The molecule has 3 rings (SSSR count). The molecule has 2 atom stereocenters. The minimum absolute atomic E-state index is 0.0158. The summed E-state index contributed by atoms with van der Waals surface area (Å²) in [6.07, 6.45) is 0. The molecule has 0 aromatic heterocycles. The average Bonchev–Trinajstić information content (AvgIpc) is 2.61. The summed E-state index contributed by atoms with van der Waals surface area (Å²) in [5.41, 5.74) is 2.05. The number of fused-ring (bicyclic) bond motifs is 1. The third kappa shape index (κ3) is 3.94. The normalized spacial score (nSPS) is 14.2. The van der Waals surface area contributed by atoms with Crippen LogP contribution in [0.1, 0.15) is 39.3 Å². The molecule has 1 N–H and O–H groups in total. The van der Waals surface area contributed by atoms with Crippen LogP contribution in [0.2, 0.25) is 5.02 Å². The molecule has 0 aliphatic carbocycles. The smallest absolute Gasteiger partial charge is 0.0593 e. The largest absolute Gasteiger partial charge is 0.378 e. The molecule has 136 valence electrons. The quantitative estimate of drug-likeness (QED) is 0.550. The molecule has 0 amide bonds. The molecule has 0 saturated heterocycles. The van der Waals surface area contributed by atoms with Gasteiger partial charge < -0.3 is 5.32 Å². The number of anilines is 1. The number of benzene rings is 3. The van der Waals surface area contributed by atoms with Gasteiger partial charge >= 0.3 is 0 Å². The third-order valence-electron chi connectivity index (χ3n) is 4.35. The van der Waals surface area contributed by atoms with Crippen molar-refractivity contribution in [3.8, 4) is 0 Å². The summed E-state index contributed by atoms with van der Waals surface area (Å²) < 4.78 is 13.0. The summed E-state index contributed by atoms with van der Waals surface area (Å²) in [5, 5.41) is 6.39. The monoisotopic (exact) mass is 385 g/mol. The Morgan fingerprint density at radius 2 is 1.62 bits per heavy atom. The predicted octanol–water partition coefficient (Wildman–Crippen LogP) is 6.57. The average molecular weight is 386 g/mol. The lowest BCUT2D eigenvalue weighted by atomic mass is 10.0. The Labute approximate surface area is 163 Å². The molecule has 26 heavy (non-hydrogen) atoms. The van der Waals surface area contributed by atoms with E-state index in [0.717, 1.165) is 26.9 Å². The van der Waals surface area contributed by atoms with Crippen LogP contribution in [-0.4, -0.2) is 8.96 Å². The van der Waals surface area contributed by atoms with Crippen molar-refractivity contribution in [1.29, 1.82) is 0 Å². The summed E-state index contributed by atoms with van der Waals surface area (Å²) in [4.78, 5) is 0.921. The van der Waals surface area contributed by atoms with Crippen LogP contribution in [0.25, 0.3) is 10.8 Å². The standard InChI is InChI=1S/C22H24ClNOS/c1-15(24-18-12-10-17(23)11-13-18)19-14-9-16-7-5-6-8-20(16)21(19)26(25)22(2,3)4/h5-15,24H,1-4H3/t15-,26?/m1/s1. The molecular formula is C22H24ClNOS. The van der Waals surface area contributed by atoms with E-state index in [1.165, 1.54) is 0 Å². The number of hydrogen-bond donors (Lipinski definition) is 1. The Morgan fingerprint density at radius 3 is 2.27 bits per heavy atom. The Balaban J connectivity index is 2.09. The van der Waals surface area contributed by atoms with E-state index in [-0.39, 0.29) is 10.8 Å². The zero-order chi connectivity index (χ0) is 18.9. The molecule has 4 heteroatoms. The third-order valence-corrected chi connectivity index (χ3v) is 6.54. The van der Waals surface area contributed by atoms with Gasteiger partial charge in [-0.05, 0) is 68.3 Å². The summed E-state index contributed by atoms with van der Waals surface area (Å²) in [5.74, 6) is 0. The first kappa shape index (κ1) is 18.9. The maximum absolute atomic E-state index is 13.4. The second-order valence-corrected chi connectivity index (χ2v) is 10.1. The first-order valence-corrected chi connectivity index (χ1v) is 10.3. The van der Waals surface area contributed by atoms with Crippen LogP contribution in [0.15, 0.2) is 65.6 Å². The van der Waals surface area contributed by atoms with Gasteiger partial charge in [-0.25, -0.2) is 0 Å². The van der Waals surface area contributed by atoms with Crippen molar-refractivity contribution in [2.45, 2.75) is 43.4 Å². The highest BCUT2D eigenvalue weighted by Gasteiger charge is 2.27. The molecule has 2 nitrogen and oxygen atoms in total. The van der Waals surface area contributed by atoms with Crippen molar-refractivity contribution in [3.05, 3.63) is 71.2 Å². The SMILES string of the molecule is C[C@@H](Nc1ccc(Cl)cc1)c1ccc2ccccc2c1S(=O)C(C)(C)C. The lowest BCUT2D eigenvalue weighted by Gasteiger charge is -2.25. The summed E-state index contributed by atoms with van der Waals surface area (Å²) in [6, 6.07) is 20.0. The Hall–Kier alpha value is -1.84. The molecule has 0 heterocycles. The van der Waals surface area contributed by atoms with Gasteiger partial charge in [-0.2, -0.15) is 0 Å². The van der Waals surface area contributed by atoms with Gasteiger partial charge in [-0.15, -0.1) is 0 Å². The van der Waals surface area contributed by atoms with Crippen LogP contribution in [0.5, 0.6) is 0 Å². The minimum Gasteiger partial charge on any atom is -0.378 e. The highest BCUT2D eigenvalue weighted by atomic mass is 35.5. The highest BCUT2D eigenvalue weighted by molar-refractivity contribution is 7.86. The molecular weight excluding hydrogens is 362 g/mol. The maximum Gasteiger partial charge on any atom is 0.0593 e. The van der Waals surface area contributed by atoms with Crippen molar-refractivity contribution < 1.29 is 4.21 Å². The van der Waals surface area contributed by atoms with Gasteiger partial charge in [0.2, 0.25) is 0 Å². The molecule has 0 aliphatic heterocycles. The van der Waals surface area contributed by atoms with E-state index in [2.05, 4.69) is 36.5 Å². The molecule has 0 radical (unpaired) electrons. The summed E-state index contributed by atoms with van der Waals surface area (Å²) in [7, 11) is -1.13. The topological polar surface area (TPSA) is 29.1 Å². The molecule has 0 spiro atoms. The highest BCUT2D eigenvalue weighted by Crippen LogP contribution is 2.35. The van der Waals surface area contributed by atoms with E-state index in [1.807, 2.05) is 57.2 Å². The van der Waals surface area contributed by atoms with Crippen molar-refractivity contribution in [3.63, 3.8) is 0 Å². The van der Waals surface area contributed by atoms with E-state index in [1.54, 1.807) is 0 Å². The Bertz CT molecular complexity index is 945. The minimum atomic E-state index is -1.13. The molecule has 0 aliphatic rings. The van der Waals surface area contributed by atoms with E-state index >= 15 is 0 Å². The maximum atomic E-state index is 13.4. The fraction of sp³-hybridized carbons (Fsp3) is 0.273. The number of nitrogens with one attached hydrogen (secondary N) is 1. The summed E-state index contributed by atoms with van der Waals surface area (Å²) in [6.45, 7) is 8.16. The van der Waals surface area contributed by atoms with Crippen LogP contribution in [0.4, 0.5) is 5.69 Å². The van der Waals surface area contributed by atoms with Crippen molar-refractivity contribution in [1.82, 2.24) is 0 Å². The molecule has 1 unspecified atom stereocenters. The van der Waals surface area contributed by atoms with Crippen LogP contribution in [0, 0.1) is 0 Å². The van der Waals surface area contributed by atoms with Crippen molar-refractivity contribution in [2.24, 2.45) is 0 Å². The van der Waals surface area contributed by atoms with Gasteiger partial charge in [-0.3, -0.25) is 4.21 Å². The first-order chi connectivity index (χ1) is 12.3. The van der Waals surface area contributed by atoms with Gasteiger partial charge in [0.25, 0.3) is 0 Å². The van der Waals surface area contributed by atoms with E-state index in [4.69, 9.17) is 11.6 Å². The lowest BCUT2D eigenvalue weighted by Crippen LogP contribution is -2.24. The van der Waals surface area contributed by atoms with Crippen molar-refractivity contribution in [2.75, 3.05) is 5.32 Å². The van der Waals surface area contributed by atoms with Gasteiger partial charge in [0, 0.05) is 21.5 Å². The molecule has 3 aromatic carbocycles. The van der Waals surface area contributed by atoms with Gasteiger partial charge in [0.15, 0.2) is 0 Å². The second kappa shape index (κ2) is 7.42. The molecule has 0 saturated carbocycles. The second-order valence-electron chi connectivity index (χ2n) is 7.46. The van der Waals surface area contributed by atoms with E-state index < -0.39 is 10.8 Å². The van der Waals surface area contributed by atoms with Crippen LogP contribution in [-0.2, 0) is 10.8 Å². The first-order valence-electron chi connectivity index (χ1n) is 8.73. The van der Waals surface area contributed by atoms with Crippen LogP contribution in [0.3, 0.4) is 0 Å². The zero-order valence-corrected chi connectivity index (χ0v) is 17.1. The lowest BCUT2D eigenvalue weighted by molar-refractivity contribution is 0.647. The van der Waals surface area contributed by atoms with Crippen molar-refractivity contribution >= 4 is 38.9 Å². The van der Waals surface area contributed by atoms with Crippen LogP contribution >= 0.6 is 11.6 Å². The fourth-order valence-electron chi connectivity index (χ4n) is 2.99. The number of halogens is 1. The Morgan fingerprint density at radius 1 is 0.962 bits per heavy atom. The van der Waals surface area contributed by atoms with E-state index in [0.29, 0.717) is 5.02 Å². The predicted molar refractivity (Wildman–Crippen MR) is 114 cm³/mol. The fourth-order valence-corrected chi connectivity index (χ4v) is 4.57. The molecule has 3 aromatic rings. The number of rotatable bonds is 4. The molecule has 0 bridgehead atoms. The Kier molecular flexibility index (Phi) is 5.40. The molecule has 0 fully saturated rings. The summed E-state index contributed by atoms with van der Waals surface area (Å²) >= 11 is 5.98.